The Labute approximate surface area is 195 Å². The molecular formula is C27H43N3O2. The van der Waals surface area contributed by atoms with Crippen molar-refractivity contribution in [2.24, 2.45) is 5.92 Å². The molecule has 0 aromatic heterocycles. The highest BCUT2D eigenvalue weighted by molar-refractivity contribution is 5.88. The maximum Gasteiger partial charge on any atom is 0.245 e. The van der Waals surface area contributed by atoms with Crippen molar-refractivity contribution in [1.82, 2.24) is 15.1 Å². The van der Waals surface area contributed by atoms with Crippen molar-refractivity contribution in [3.63, 3.8) is 0 Å². The number of amides is 2. The van der Waals surface area contributed by atoms with E-state index in [0.29, 0.717) is 6.42 Å². The molecule has 1 aromatic carbocycles. The van der Waals surface area contributed by atoms with E-state index in [1.165, 1.54) is 24.8 Å². The van der Waals surface area contributed by atoms with Gasteiger partial charge in [-0.1, -0.05) is 95.4 Å². The maximum atomic E-state index is 13.2. The topological polar surface area (TPSA) is 52.7 Å². The van der Waals surface area contributed by atoms with Crippen molar-refractivity contribution in [2.75, 3.05) is 32.7 Å². The molecule has 0 bridgehead atoms. The van der Waals surface area contributed by atoms with Crippen LogP contribution in [-0.2, 0) is 9.59 Å². The third-order valence-electron chi connectivity index (χ3n) is 6.46. The van der Waals surface area contributed by atoms with Gasteiger partial charge >= 0.3 is 0 Å². The van der Waals surface area contributed by atoms with Gasteiger partial charge in [-0.05, 0) is 17.9 Å². The molecule has 0 aliphatic carbocycles. The van der Waals surface area contributed by atoms with Crippen molar-refractivity contribution in [2.45, 2.75) is 71.8 Å². The molecule has 0 spiro atoms. The van der Waals surface area contributed by atoms with E-state index in [4.69, 9.17) is 0 Å². The zero-order valence-corrected chi connectivity index (χ0v) is 20.4. The smallest absolute Gasteiger partial charge is 0.245 e. The summed E-state index contributed by atoms with van der Waals surface area (Å²) in [5, 5.41) is 3.06. The summed E-state index contributed by atoms with van der Waals surface area (Å²) in [5.74, 6) is 0.237. The van der Waals surface area contributed by atoms with Crippen molar-refractivity contribution < 1.29 is 9.59 Å². The summed E-state index contributed by atoms with van der Waals surface area (Å²) in [4.78, 5) is 30.0. The van der Waals surface area contributed by atoms with Gasteiger partial charge in [0.15, 0.2) is 0 Å². The van der Waals surface area contributed by atoms with Crippen LogP contribution in [0.4, 0.5) is 0 Å². The molecule has 178 valence electrons. The average Bonchev–Trinajstić information content (AvgIpc) is 2.82. The molecule has 2 unspecified atom stereocenters. The summed E-state index contributed by atoms with van der Waals surface area (Å²) in [6.45, 7) is 10.4. The molecule has 2 atom stereocenters. The van der Waals surface area contributed by atoms with Gasteiger partial charge in [0.2, 0.25) is 11.8 Å². The molecule has 0 saturated carbocycles. The third kappa shape index (κ3) is 9.15. The van der Waals surface area contributed by atoms with Gasteiger partial charge in [0, 0.05) is 39.1 Å². The standard InChI is InChI=1S/C27H43N3O2/c1-4-6-7-8-12-17-25(31)28-26(23(3)5-2)27(32)30-21-19-29(20-22-30)18-13-16-24-14-10-9-11-15-24/h9-11,13-16,23,26H,4-8,12,17-22H2,1-3H3,(H,28,31)/b16-13+. The van der Waals surface area contributed by atoms with Crippen LogP contribution in [0.25, 0.3) is 6.08 Å². The minimum absolute atomic E-state index is 0.0184. The van der Waals surface area contributed by atoms with Crippen molar-refractivity contribution in [3.8, 4) is 0 Å². The predicted molar refractivity (Wildman–Crippen MR) is 133 cm³/mol. The average molecular weight is 442 g/mol. The number of nitrogens with zero attached hydrogens (tertiary/aromatic N) is 2. The molecule has 1 aliphatic rings. The van der Waals surface area contributed by atoms with Gasteiger partial charge < -0.3 is 10.2 Å². The highest BCUT2D eigenvalue weighted by Crippen LogP contribution is 2.14. The molecule has 1 aromatic rings. The Bertz CT molecular complexity index is 696. The molecule has 1 aliphatic heterocycles. The Morgan fingerprint density at radius 2 is 1.69 bits per heavy atom. The molecule has 1 heterocycles. The fraction of sp³-hybridized carbons (Fsp3) is 0.630. The molecule has 1 fully saturated rings. The van der Waals surface area contributed by atoms with E-state index in [0.717, 1.165) is 52.0 Å². The van der Waals surface area contributed by atoms with E-state index < -0.39 is 6.04 Å². The Morgan fingerprint density at radius 3 is 2.34 bits per heavy atom. The summed E-state index contributed by atoms with van der Waals surface area (Å²) in [6, 6.07) is 9.90. The molecular weight excluding hydrogens is 398 g/mol. The summed E-state index contributed by atoms with van der Waals surface area (Å²) >= 11 is 0. The lowest BCUT2D eigenvalue weighted by Crippen LogP contribution is -2.56. The zero-order valence-electron chi connectivity index (χ0n) is 20.4. The van der Waals surface area contributed by atoms with Gasteiger partial charge in [-0.2, -0.15) is 0 Å². The first-order chi connectivity index (χ1) is 15.5. The lowest BCUT2D eigenvalue weighted by atomic mass is 9.97. The second-order valence-corrected chi connectivity index (χ2v) is 9.03. The second-order valence-electron chi connectivity index (χ2n) is 9.03. The van der Waals surface area contributed by atoms with Crippen LogP contribution in [0, 0.1) is 5.92 Å². The van der Waals surface area contributed by atoms with Crippen molar-refractivity contribution in [1.29, 1.82) is 0 Å². The van der Waals surface area contributed by atoms with E-state index in [-0.39, 0.29) is 17.7 Å². The van der Waals surface area contributed by atoms with Gasteiger partial charge in [0.05, 0.1) is 0 Å². The number of hydrogen-bond donors (Lipinski definition) is 1. The third-order valence-corrected chi connectivity index (χ3v) is 6.46. The summed E-state index contributed by atoms with van der Waals surface area (Å²) in [6.07, 6.45) is 11.3. The normalized spacial score (nSPS) is 16.8. The minimum atomic E-state index is -0.410. The van der Waals surface area contributed by atoms with Gasteiger partial charge in [0.1, 0.15) is 6.04 Å². The minimum Gasteiger partial charge on any atom is -0.344 e. The summed E-state index contributed by atoms with van der Waals surface area (Å²) < 4.78 is 0. The van der Waals surface area contributed by atoms with Crippen LogP contribution in [0.3, 0.4) is 0 Å². The molecule has 2 amide bonds. The van der Waals surface area contributed by atoms with Crippen LogP contribution in [0.15, 0.2) is 36.4 Å². The maximum absolute atomic E-state index is 13.2. The molecule has 1 N–H and O–H groups in total. The monoisotopic (exact) mass is 441 g/mol. The fourth-order valence-electron chi connectivity index (χ4n) is 4.07. The molecule has 5 nitrogen and oxygen atoms in total. The number of benzene rings is 1. The van der Waals surface area contributed by atoms with Crippen LogP contribution in [0.2, 0.25) is 0 Å². The Hall–Kier alpha value is -2.14. The van der Waals surface area contributed by atoms with E-state index >= 15 is 0 Å². The van der Waals surface area contributed by atoms with Crippen LogP contribution in [0.1, 0.15) is 71.3 Å². The lowest BCUT2D eigenvalue weighted by Gasteiger charge is -2.37. The van der Waals surface area contributed by atoms with Gasteiger partial charge in [-0.25, -0.2) is 0 Å². The van der Waals surface area contributed by atoms with E-state index in [2.05, 4.69) is 55.3 Å². The molecule has 0 radical (unpaired) electrons. The first-order valence-electron chi connectivity index (χ1n) is 12.6. The Morgan fingerprint density at radius 1 is 1.00 bits per heavy atom. The Balaban J connectivity index is 1.79. The predicted octanol–water partition coefficient (Wildman–Crippen LogP) is 4.74. The number of piperazine rings is 1. The van der Waals surface area contributed by atoms with Crippen molar-refractivity contribution in [3.05, 3.63) is 42.0 Å². The van der Waals surface area contributed by atoms with Crippen LogP contribution < -0.4 is 5.32 Å². The number of hydrogen-bond acceptors (Lipinski definition) is 3. The number of unbranched alkanes of at least 4 members (excludes halogenated alkanes) is 4. The van der Waals surface area contributed by atoms with E-state index in [9.17, 15) is 9.59 Å². The molecule has 1 saturated heterocycles. The highest BCUT2D eigenvalue weighted by Gasteiger charge is 2.31. The highest BCUT2D eigenvalue weighted by atomic mass is 16.2. The number of rotatable bonds is 13. The second kappa shape index (κ2) is 14.8. The Kier molecular flexibility index (Phi) is 12.1. The van der Waals surface area contributed by atoms with Gasteiger partial charge in [-0.15, -0.1) is 0 Å². The summed E-state index contributed by atoms with van der Waals surface area (Å²) in [5.41, 5.74) is 1.21. The van der Waals surface area contributed by atoms with E-state index in [1.807, 2.05) is 23.1 Å². The molecule has 32 heavy (non-hydrogen) atoms. The molecule has 2 rings (SSSR count). The number of carbonyl (C=O) groups is 2. The number of nitrogens with one attached hydrogen (secondary N) is 1. The lowest BCUT2D eigenvalue weighted by molar-refractivity contribution is -0.139. The van der Waals surface area contributed by atoms with Crippen LogP contribution in [0.5, 0.6) is 0 Å². The fourth-order valence-corrected chi connectivity index (χ4v) is 4.07. The van der Waals surface area contributed by atoms with E-state index in [1.54, 1.807) is 0 Å². The van der Waals surface area contributed by atoms with Crippen LogP contribution in [-0.4, -0.2) is 60.4 Å². The first-order valence-corrected chi connectivity index (χ1v) is 12.6. The number of carbonyl (C=O) groups excluding carboxylic acids is 2. The van der Waals surface area contributed by atoms with Gasteiger partial charge in [0.25, 0.3) is 0 Å². The van der Waals surface area contributed by atoms with Gasteiger partial charge in [-0.3, -0.25) is 14.5 Å². The zero-order chi connectivity index (χ0) is 23.2. The summed E-state index contributed by atoms with van der Waals surface area (Å²) in [7, 11) is 0. The SMILES string of the molecule is CCCCCCCC(=O)NC(C(=O)N1CCN(C/C=C/c2ccccc2)CC1)C(C)CC. The molecule has 5 heteroatoms. The quantitative estimate of drug-likeness (QED) is 0.450. The largest absolute Gasteiger partial charge is 0.344 e. The first kappa shape index (κ1) is 26.1. The van der Waals surface area contributed by atoms with Crippen LogP contribution >= 0.6 is 0 Å². The van der Waals surface area contributed by atoms with Crippen molar-refractivity contribution >= 4 is 17.9 Å².